The molecule has 0 amide bonds. The molecule has 0 aliphatic carbocycles. The molecule has 5 heteroatoms. The van der Waals surface area contributed by atoms with E-state index < -0.39 is 0 Å². The third kappa shape index (κ3) is 4.82. The number of nitrogens with zero attached hydrogens (tertiary/aromatic N) is 3. The third-order valence-corrected chi connectivity index (χ3v) is 11.4. The van der Waals surface area contributed by atoms with Gasteiger partial charge in [-0.15, -0.1) is 11.3 Å². The van der Waals surface area contributed by atoms with Crippen LogP contribution >= 0.6 is 11.3 Å². The molecule has 0 saturated heterocycles. The molecular weight excluding hydrogens is 667 g/mol. The van der Waals surface area contributed by atoms with E-state index in [0.717, 1.165) is 82.2 Å². The van der Waals surface area contributed by atoms with Crippen LogP contribution in [0.1, 0.15) is 0 Å². The van der Waals surface area contributed by atoms with E-state index >= 15 is 0 Å². The summed E-state index contributed by atoms with van der Waals surface area (Å²) in [6.45, 7) is 0. The highest BCUT2D eigenvalue weighted by Gasteiger charge is 2.23. The fraction of sp³-hybridized carbons (Fsp3) is 0. The van der Waals surface area contributed by atoms with Gasteiger partial charge in [0.2, 0.25) is 0 Å². The molecule has 0 bridgehead atoms. The van der Waals surface area contributed by atoms with Gasteiger partial charge in [0, 0.05) is 60.5 Å². The molecule has 3 heterocycles. The molecule has 53 heavy (non-hydrogen) atoms. The van der Waals surface area contributed by atoms with Crippen molar-refractivity contribution in [3.05, 3.63) is 176 Å². The minimum atomic E-state index is 0.682. The van der Waals surface area contributed by atoms with Crippen LogP contribution in [0.15, 0.2) is 180 Å². The zero-order valence-electron chi connectivity index (χ0n) is 28.4. The zero-order chi connectivity index (χ0) is 34.9. The Balaban J connectivity index is 1.19. The molecule has 11 aromatic rings. The lowest BCUT2D eigenvalue weighted by molar-refractivity contribution is 0.673. The smallest absolute Gasteiger partial charge is 0.161 e. The van der Waals surface area contributed by atoms with Crippen LogP contribution in [-0.2, 0) is 0 Å². The maximum atomic E-state index is 6.92. The van der Waals surface area contributed by atoms with Gasteiger partial charge >= 0.3 is 0 Å². The van der Waals surface area contributed by atoms with Crippen LogP contribution in [-0.4, -0.2) is 9.97 Å². The second-order valence-corrected chi connectivity index (χ2v) is 14.4. The van der Waals surface area contributed by atoms with E-state index in [4.69, 9.17) is 14.4 Å². The molecule has 0 radical (unpaired) electrons. The number of hydrogen-bond donors (Lipinski definition) is 0. The summed E-state index contributed by atoms with van der Waals surface area (Å²) in [6, 6.07) is 61.8. The fourth-order valence-corrected chi connectivity index (χ4v) is 8.91. The van der Waals surface area contributed by atoms with Gasteiger partial charge in [-0.05, 0) is 70.8 Å². The fourth-order valence-electron chi connectivity index (χ4n) is 7.76. The van der Waals surface area contributed by atoms with Crippen molar-refractivity contribution < 1.29 is 4.42 Å². The summed E-state index contributed by atoms with van der Waals surface area (Å²) < 4.78 is 9.20. The number of rotatable bonds is 5. The first-order valence-electron chi connectivity index (χ1n) is 17.7. The number of para-hydroxylation sites is 2. The number of aromatic nitrogens is 2. The summed E-state index contributed by atoms with van der Waals surface area (Å²) in [6.07, 6.45) is 0. The molecule has 3 aromatic heterocycles. The van der Waals surface area contributed by atoms with E-state index in [2.05, 4.69) is 169 Å². The molecular formula is C48H29N3OS. The highest BCUT2D eigenvalue weighted by atomic mass is 32.1. The Labute approximate surface area is 308 Å². The number of thiophene rings is 1. The Morgan fingerprint density at radius 1 is 0.491 bits per heavy atom. The summed E-state index contributed by atoms with van der Waals surface area (Å²) in [4.78, 5) is 13.1. The van der Waals surface area contributed by atoms with E-state index in [1.54, 1.807) is 11.3 Å². The summed E-state index contributed by atoms with van der Waals surface area (Å²) in [5.74, 6) is 0.682. The van der Waals surface area contributed by atoms with Crippen molar-refractivity contribution >= 4 is 92.2 Å². The van der Waals surface area contributed by atoms with Crippen LogP contribution in [0.5, 0.6) is 0 Å². The van der Waals surface area contributed by atoms with Crippen molar-refractivity contribution in [2.24, 2.45) is 0 Å². The van der Waals surface area contributed by atoms with Crippen molar-refractivity contribution in [3.8, 4) is 22.6 Å². The molecule has 4 nitrogen and oxygen atoms in total. The normalized spacial score (nSPS) is 11.8. The predicted octanol–water partition coefficient (Wildman–Crippen LogP) is 13.9. The SMILES string of the molecule is c1ccc(N(c2ccccc2)c2ccc3c(c2)oc2c4ccccc4cc(-c4nc(-c5ccc6ccccc6c5)c5sc6ccccc6c5n4)c32)cc1. The van der Waals surface area contributed by atoms with Crippen LogP contribution in [0.4, 0.5) is 17.1 Å². The molecule has 11 rings (SSSR count). The Morgan fingerprint density at radius 3 is 1.96 bits per heavy atom. The molecule has 0 saturated carbocycles. The van der Waals surface area contributed by atoms with E-state index in [-0.39, 0.29) is 0 Å². The first kappa shape index (κ1) is 29.9. The van der Waals surface area contributed by atoms with E-state index in [1.807, 2.05) is 12.1 Å². The number of fused-ring (bicyclic) bond motifs is 9. The van der Waals surface area contributed by atoms with Gasteiger partial charge in [-0.2, -0.15) is 0 Å². The van der Waals surface area contributed by atoms with Gasteiger partial charge in [0.15, 0.2) is 5.82 Å². The van der Waals surface area contributed by atoms with E-state index in [0.29, 0.717) is 5.82 Å². The van der Waals surface area contributed by atoms with Gasteiger partial charge in [-0.25, -0.2) is 9.97 Å². The number of furan rings is 1. The molecule has 0 aliphatic heterocycles. The quantitative estimate of drug-likeness (QED) is 0.180. The lowest BCUT2D eigenvalue weighted by Gasteiger charge is -2.25. The molecule has 8 aromatic carbocycles. The standard InChI is InChI=1S/C48H29N3OS/c1-3-16-34(17-4-1)51(35-18-5-2-6-19-35)36-25-26-38-41(29-36)52-46-37-20-10-9-15-32(37)28-40(43(38)46)48-49-44(33-24-23-30-13-7-8-14-31(30)27-33)47-45(50-48)39-21-11-12-22-42(39)53-47/h1-29H. The lowest BCUT2D eigenvalue weighted by Crippen LogP contribution is -2.09. The minimum absolute atomic E-state index is 0.682. The van der Waals surface area contributed by atoms with Gasteiger partial charge in [-0.3, -0.25) is 0 Å². The summed E-state index contributed by atoms with van der Waals surface area (Å²) >= 11 is 1.76. The van der Waals surface area contributed by atoms with Gasteiger partial charge in [0.1, 0.15) is 11.2 Å². The highest BCUT2D eigenvalue weighted by molar-refractivity contribution is 7.26. The number of anilines is 3. The average molecular weight is 696 g/mol. The maximum Gasteiger partial charge on any atom is 0.161 e. The third-order valence-electron chi connectivity index (χ3n) is 10.2. The Hall–Kier alpha value is -6.82. The van der Waals surface area contributed by atoms with Crippen molar-refractivity contribution in [1.82, 2.24) is 9.97 Å². The van der Waals surface area contributed by atoms with Crippen molar-refractivity contribution in [3.63, 3.8) is 0 Å². The first-order chi connectivity index (χ1) is 26.3. The Kier molecular flexibility index (Phi) is 6.69. The van der Waals surface area contributed by atoms with Gasteiger partial charge in [0.05, 0.1) is 15.9 Å². The second kappa shape index (κ2) is 11.9. The number of hydrogen-bond acceptors (Lipinski definition) is 5. The number of benzene rings is 8. The van der Waals surface area contributed by atoms with Crippen molar-refractivity contribution in [2.45, 2.75) is 0 Å². The molecule has 0 spiro atoms. The maximum absolute atomic E-state index is 6.92. The van der Waals surface area contributed by atoms with Crippen LogP contribution in [0.25, 0.3) is 86.4 Å². The summed E-state index contributed by atoms with van der Waals surface area (Å²) in [5, 5.41) is 7.70. The lowest BCUT2D eigenvalue weighted by atomic mass is 9.99. The van der Waals surface area contributed by atoms with Gasteiger partial charge in [0.25, 0.3) is 0 Å². The molecule has 248 valence electrons. The molecule has 0 aliphatic rings. The van der Waals surface area contributed by atoms with Crippen LogP contribution in [0.3, 0.4) is 0 Å². The largest absolute Gasteiger partial charge is 0.455 e. The molecule has 0 atom stereocenters. The van der Waals surface area contributed by atoms with Gasteiger partial charge < -0.3 is 9.32 Å². The van der Waals surface area contributed by atoms with E-state index in [1.165, 1.54) is 15.5 Å². The molecule has 0 unspecified atom stereocenters. The summed E-state index contributed by atoms with van der Waals surface area (Å²) in [7, 11) is 0. The Bertz CT molecular complexity index is 3150. The van der Waals surface area contributed by atoms with Crippen LogP contribution in [0, 0.1) is 0 Å². The molecule has 0 fully saturated rings. The second-order valence-electron chi connectivity index (χ2n) is 13.4. The average Bonchev–Trinajstić information content (AvgIpc) is 3.80. The van der Waals surface area contributed by atoms with Crippen LogP contribution < -0.4 is 4.90 Å². The molecule has 0 N–H and O–H groups in total. The van der Waals surface area contributed by atoms with E-state index in [9.17, 15) is 0 Å². The monoisotopic (exact) mass is 695 g/mol. The van der Waals surface area contributed by atoms with Crippen molar-refractivity contribution in [1.29, 1.82) is 0 Å². The zero-order valence-corrected chi connectivity index (χ0v) is 29.2. The minimum Gasteiger partial charge on any atom is -0.455 e. The summed E-state index contributed by atoms with van der Waals surface area (Å²) in [5.41, 5.74) is 8.74. The Morgan fingerprint density at radius 2 is 1.17 bits per heavy atom. The van der Waals surface area contributed by atoms with Crippen LogP contribution in [0.2, 0.25) is 0 Å². The topological polar surface area (TPSA) is 42.2 Å². The van der Waals surface area contributed by atoms with Crippen molar-refractivity contribution in [2.75, 3.05) is 4.90 Å². The first-order valence-corrected chi connectivity index (χ1v) is 18.6. The highest BCUT2D eigenvalue weighted by Crippen LogP contribution is 2.45. The van der Waals surface area contributed by atoms with Gasteiger partial charge in [-0.1, -0.05) is 115 Å². The predicted molar refractivity (Wildman–Crippen MR) is 223 cm³/mol.